The lowest BCUT2D eigenvalue weighted by molar-refractivity contribution is 0.611. The van der Waals surface area contributed by atoms with Crippen molar-refractivity contribution in [1.29, 1.82) is 0 Å². The van der Waals surface area contributed by atoms with Gasteiger partial charge in [0, 0.05) is 26.2 Å². The molecule has 2 aromatic carbocycles. The van der Waals surface area contributed by atoms with Crippen LogP contribution in [0.15, 0.2) is 48.3 Å². The zero-order valence-electron chi connectivity index (χ0n) is 26.3. The normalized spacial score (nSPS) is 17.2. The summed E-state index contributed by atoms with van der Waals surface area (Å²) in [6.07, 6.45) is 18.4. The van der Waals surface area contributed by atoms with E-state index in [1.807, 2.05) is 12.1 Å². The van der Waals surface area contributed by atoms with Gasteiger partial charge in [0.15, 0.2) is 0 Å². The van der Waals surface area contributed by atoms with Crippen LogP contribution >= 0.6 is 46.4 Å². The Morgan fingerprint density at radius 2 is 0.930 bits per heavy atom. The monoisotopic (exact) mass is 664 g/mol. The van der Waals surface area contributed by atoms with E-state index < -0.39 is 0 Å². The van der Waals surface area contributed by atoms with Gasteiger partial charge in [-0.15, -0.1) is 0 Å². The summed E-state index contributed by atoms with van der Waals surface area (Å²) < 4.78 is 0. The summed E-state index contributed by atoms with van der Waals surface area (Å²) in [7, 11) is 0. The molecule has 2 heterocycles. The quantitative estimate of drug-likeness (QED) is 0.165. The molecule has 0 spiro atoms. The first-order valence-corrected chi connectivity index (χ1v) is 17.8. The first-order valence-electron chi connectivity index (χ1n) is 16.3. The van der Waals surface area contributed by atoms with Gasteiger partial charge in [0.05, 0.1) is 42.8 Å². The summed E-state index contributed by atoms with van der Waals surface area (Å²) in [6.45, 7) is 12.8. The van der Waals surface area contributed by atoms with Crippen molar-refractivity contribution in [2.24, 2.45) is 0 Å². The van der Waals surface area contributed by atoms with E-state index in [0.717, 1.165) is 76.1 Å². The van der Waals surface area contributed by atoms with Gasteiger partial charge in [0.25, 0.3) is 0 Å². The van der Waals surface area contributed by atoms with Gasteiger partial charge >= 0.3 is 0 Å². The van der Waals surface area contributed by atoms with Crippen LogP contribution in [-0.4, -0.2) is 32.3 Å². The number of hydrogen-bond donors (Lipinski definition) is 0. The largest absolute Gasteiger partial charge is 0.346 e. The summed E-state index contributed by atoms with van der Waals surface area (Å²) >= 11 is 26.2. The van der Waals surface area contributed by atoms with Crippen molar-refractivity contribution in [3.63, 3.8) is 0 Å². The number of rotatable bonds is 16. The Labute approximate surface area is 280 Å². The molecule has 0 N–H and O–H groups in total. The van der Waals surface area contributed by atoms with E-state index in [0.29, 0.717) is 20.1 Å². The molecule has 0 aliphatic carbocycles. The second kappa shape index (κ2) is 16.5. The number of allylic oxidation sites excluding steroid dienone is 2. The molecule has 236 valence electrons. The highest BCUT2D eigenvalue weighted by Crippen LogP contribution is 2.47. The summed E-state index contributed by atoms with van der Waals surface area (Å²) in [6, 6.07) is 8.18. The van der Waals surface area contributed by atoms with Gasteiger partial charge in [-0.3, -0.25) is 0 Å². The Kier molecular flexibility index (Phi) is 13.1. The van der Waals surface area contributed by atoms with Gasteiger partial charge in [-0.05, 0) is 62.1 Å². The Balaban J connectivity index is 1.74. The standard InChI is InChI=1S/C35H48Cl4N4/c1-5-9-13-20-42-32-24-28(38)26(36)22-30(32)40(18-11-7-3)34(42)16-15-17-35-41(19-12-8-4)31-23-27(37)29(39)25-33(31)43(35)21-14-10-6-2/h15-17,22-25,34H,5-14,18-21H2,1-4H3/b16-15+,35-17-. The summed E-state index contributed by atoms with van der Waals surface area (Å²) in [4.78, 5) is 9.87. The molecule has 0 radical (unpaired) electrons. The van der Waals surface area contributed by atoms with E-state index in [1.54, 1.807) is 0 Å². The molecule has 0 saturated carbocycles. The van der Waals surface area contributed by atoms with Crippen LogP contribution in [0.2, 0.25) is 20.1 Å². The van der Waals surface area contributed by atoms with Crippen LogP contribution < -0.4 is 19.6 Å². The number of halogens is 4. The minimum absolute atomic E-state index is 0.0927. The first-order chi connectivity index (χ1) is 20.9. The number of hydrogen-bond acceptors (Lipinski definition) is 4. The molecule has 0 bridgehead atoms. The maximum Gasteiger partial charge on any atom is 0.121 e. The van der Waals surface area contributed by atoms with Crippen molar-refractivity contribution in [2.45, 2.75) is 98.1 Å². The fourth-order valence-electron chi connectivity index (χ4n) is 6.09. The third-order valence-corrected chi connectivity index (χ3v) is 9.88. The molecule has 4 rings (SSSR count). The van der Waals surface area contributed by atoms with Crippen molar-refractivity contribution < 1.29 is 0 Å². The maximum absolute atomic E-state index is 6.57. The van der Waals surface area contributed by atoms with E-state index in [9.17, 15) is 0 Å². The van der Waals surface area contributed by atoms with Gasteiger partial charge in [0.1, 0.15) is 12.0 Å². The van der Waals surface area contributed by atoms with Crippen LogP contribution in [0.4, 0.5) is 22.7 Å². The summed E-state index contributed by atoms with van der Waals surface area (Å²) in [5.41, 5.74) is 4.63. The minimum atomic E-state index is 0.0927. The molecule has 0 fully saturated rings. The third kappa shape index (κ3) is 7.93. The topological polar surface area (TPSA) is 13.0 Å². The molecule has 43 heavy (non-hydrogen) atoms. The Morgan fingerprint density at radius 3 is 1.42 bits per heavy atom. The zero-order valence-corrected chi connectivity index (χ0v) is 29.3. The lowest BCUT2D eigenvalue weighted by atomic mass is 10.2. The molecule has 1 atom stereocenters. The van der Waals surface area contributed by atoms with Crippen LogP contribution in [0, 0.1) is 0 Å². The van der Waals surface area contributed by atoms with Gasteiger partial charge in [-0.1, -0.05) is 119 Å². The highest BCUT2D eigenvalue weighted by molar-refractivity contribution is 6.43. The lowest BCUT2D eigenvalue weighted by Gasteiger charge is -2.31. The first kappa shape index (κ1) is 34.2. The number of nitrogens with zero attached hydrogens (tertiary/aromatic N) is 4. The van der Waals surface area contributed by atoms with Gasteiger partial charge in [0.2, 0.25) is 0 Å². The van der Waals surface area contributed by atoms with E-state index >= 15 is 0 Å². The van der Waals surface area contributed by atoms with Crippen molar-refractivity contribution in [3.05, 3.63) is 68.4 Å². The fraction of sp³-hybridized carbons (Fsp3) is 0.543. The number of fused-ring (bicyclic) bond motifs is 2. The Bertz CT molecular complexity index is 1280. The van der Waals surface area contributed by atoms with Crippen LogP contribution in [0.5, 0.6) is 0 Å². The van der Waals surface area contributed by atoms with E-state index in [4.69, 9.17) is 46.4 Å². The second-order valence-electron chi connectivity index (χ2n) is 11.6. The van der Waals surface area contributed by atoms with Crippen LogP contribution in [-0.2, 0) is 0 Å². The van der Waals surface area contributed by atoms with Crippen LogP contribution in [0.25, 0.3) is 0 Å². The van der Waals surface area contributed by atoms with Gasteiger partial charge in [-0.2, -0.15) is 0 Å². The third-order valence-electron chi connectivity index (χ3n) is 8.43. The predicted octanol–water partition coefficient (Wildman–Crippen LogP) is 12.0. The van der Waals surface area contributed by atoms with E-state index in [1.165, 1.54) is 42.9 Å². The van der Waals surface area contributed by atoms with Crippen molar-refractivity contribution >= 4 is 69.2 Å². The summed E-state index contributed by atoms with van der Waals surface area (Å²) in [5, 5.41) is 2.42. The average molecular weight is 667 g/mol. The number of benzene rings is 2. The summed E-state index contributed by atoms with van der Waals surface area (Å²) in [5.74, 6) is 1.19. The molecular formula is C35H48Cl4N4. The lowest BCUT2D eigenvalue weighted by Crippen LogP contribution is -2.42. The smallest absolute Gasteiger partial charge is 0.121 e. The molecule has 4 nitrogen and oxygen atoms in total. The number of anilines is 4. The second-order valence-corrected chi connectivity index (χ2v) is 13.3. The SMILES string of the molecule is CCCCCN1/C(=C\C=C\C2N(CCCC)c3cc(Cl)c(Cl)cc3N2CCCCC)N(CCCC)c2cc(Cl)c(Cl)cc21. The molecule has 1 unspecified atom stereocenters. The minimum Gasteiger partial charge on any atom is -0.346 e. The van der Waals surface area contributed by atoms with Crippen molar-refractivity contribution in [2.75, 3.05) is 45.8 Å². The molecular weight excluding hydrogens is 618 g/mol. The highest BCUT2D eigenvalue weighted by Gasteiger charge is 2.35. The maximum atomic E-state index is 6.57. The molecule has 0 saturated heterocycles. The Hall–Kier alpha value is -1.72. The molecule has 8 heteroatoms. The van der Waals surface area contributed by atoms with Crippen molar-refractivity contribution in [3.8, 4) is 0 Å². The molecule has 2 aliphatic heterocycles. The number of unbranched alkanes of at least 4 members (excludes halogenated alkanes) is 6. The fourth-order valence-corrected chi connectivity index (χ4v) is 6.72. The zero-order chi connectivity index (χ0) is 30.9. The van der Waals surface area contributed by atoms with E-state index in [2.05, 4.69) is 77.7 Å². The van der Waals surface area contributed by atoms with Crippen molar-refractivity contribution in [1.82, 2.24) is 0 Å². The van der Waals surface area contributed by atoms with E-state index in [-0.39, 0.29) is 6.17 Å². The predicted molar refractivity (Wildman–Crippen MR) is 192 cm³/mol. The van der Waals surface area contributed by atoms with Crippen LogP contribution in [0.3, 0.4) is 0 Å². The van der Waals surface area contributed by atoms with Gasteiger partial charge < -0.3 is 19.6 Å². The molecule has 0 aromatic heterocycles. The van der Waals surface area contributed by atoms with Crippen LogP contribution in [0.1, 0.15) is 91.9 Å². The highest BCUT2D eigenvalue weighted by atomic mass is 35.5. The molecule has 2 aromatic rings. The average Bonchev–Trinajstić information content (AvgIpc) is 3.41. The molecule has 0 amide bonds. The molecule has 2 aliphatic rings. The Morgan fingerprint density at radius 1 is 0.535 bits per heavy atom. The van der Waals surface area contributed by atoms with Gasteiger partial charge in [-0.25, -0.2) is 0 Å².